The maximum absolute atomic E-state index is 12.7. The van der Waals surface area contributed by atoms with Gasteiger partial charge in [-0.05, 0) is 50.7 Å². The normalized spacial score (nSPS) is 11.3. The maximum atomic E-state index is 12.7. The number of thiazole rings is 1. The Morgan fingerprint density at radius 3 is 2.69 bits per heavy atom. The summed E-state index contributed by atoms with van der Waals surface area (Å²) in [6.45, 7) is 4.19. The molecular weight excluding hydrogens is 410 g/mol. The molecule has 0 aliphatic carbocycles. The molecule has 1 amide bonds. The highest BCUT2D eigenvalue weighted by Gasteiger charge is 2.18. The van der Waals surface area contributed by atoms with Crippen LogP contribution in [0.15, 0.2) is 52.7 Å². The molecule has 3 aromatic rings. The second kappa shape index (κ2) is 8.73. The summed E-state index contributed by atoms with van der Waals surface area (Å²) in [4.78, 5) is 17.2. The molecule has 0 saturated heterocycles. The first-order chi connectivity index (χ1) is 13.9. The van der Waals surface area contributed by atoms with Crippen LogP contribution in [0.2, 0.25) is 0 Å². The number of nitrogens with one attached hydrogen (secondary N) is 2. The molecule has 7 nitrogen and oxygen atoms in total. The number of para-hydroxylation sites is 1. The Bertz CT molecular complexity index is 1140. The van der Waals surface area contributed by atoms with Crippen molar-refractivity contribution in [2.45, 2.75) is 18.7 Å². The van der Waals surface area contributed by atoms with Gasteiger partial charge in [0.2, 0.25) is 10.0 Å². The van der Waals surface area contributed by atoms with Crippen molar-refractivity contribution >= 4 is 32.4 Å². The number of rotatable bonds is 7. The Hall–Kier alpha value is -2.75. The summed E-state index contributed by atoms with van der Waals surface area (Å²) in [6.07, 6.45) is 0. The average Bonchev–Trinajstić information content (AvgIpc) is 3.17. The van der Waals surface area contributed by atoms with Gasteiger partial charge >= 0.3 is 0 Å². The number of aryl methyl sites for hydroxylation is 1. The van der Waals surface area contributed by atoms with Crippen molar-refractivity contribution in [3.05, 3.63) is 59.0 Å². The molecule has 0 unspecified atom stereocenters. The van der Waals surface area contributed by atoms with Crippen molar-refractivity contribution < 1.29 is 17.9 Å². The Morgan fingerprint density at radius 2 is 1.97 bits per heavy atom. The van der Waals surface area contributed by atoms with Gasteiger partial charge in [-0.25, -0.2) is 18.1 Å². The number of anilines is 1. The molecule has 0 fully saturated rings. The molecule has 0 aliphatic heterocycles. The van der Waals surface area contributed by atoms with Crippen LogP contribution in [-0.4, -0.2) is 33.0 Å². The molecule has 0 aliphatic rings. The van der Waals surface area contributed by atoms with Gasteiger partial charge in [-0.1, -0.05) is 18.2 Å². The van der Waals surface area contributed by atoms with Crippen molar-refractivity contribution in [3.8, 4) is 17.0 Å². The standard InChI is InChI=1S/C20H21N3O4S2/c1-4-27-18-8-6-5-7-15(18)17-12-28-20(22-17)23-19(24)16-11-14(10-9-13(16)2)29(25,26)21-3/h5-12,21H,4H2,1-3H3,(H,22,23,24). The second-order valence-electron chi connectivity index (χ2n) is 6.11. The molecule has 1 aromatic heterocycles. The first kappa shape index (κ1) is 21.0. The third-order valence-electron chi connectivity index (χ3n) is 4.22. The summed E-state index contributed by atoms with van der Waals surface area (Å²) in [7, 11) is -2.32. The van der Waals surface area contributed by atoms with Crippen molar-refractivity contribution in [2.24, 2.45) is 0 Å². The number of aromatic nitrogens is 1. The van der Waals surface area contributed by atoms with E-state index < -0.39 is 15.9 Å². The van der Waals surface area contributed by atoms with Gasteiger partial charge in [-0.15, -0.1) is 11.3 Å². The third kappa shape index (κ3) is 4.64. The van der Waals surface area contributed by atoms with E-state index >= 15 is 0 Å². The number of carbonyl (C=O) groups is 1. The molecular formula is C20H21N3O4S2. The molecule has 0 spiro atoms. The summed E-state index contributed by atoms with van der Waals surface area (Å²) < 4.78 is 31.9. The number of ether oxygens (including phenoxy) is 1. The van der Waals surface area contributed by atoms with Crippen molar-refractivity contribution in [1.29, 1.82) is 0 Å². The van der Waals surface area contributed by atoms with Crippen LogP contribution in [0.1, 0.15) is 22.8 Å². The summed E-state index contributed by atoms with van der Waals surface area (Å²) in [5, 5.41) is 5.00. The first-order valence-corrected chi connectivity index (χ1v) is 11.2. The van der Waals surface area contributed by atoms with E-state index in [0.717, 1.165) is 11.3 Å². The van der Waals surface area contributed by atoms with E-state index in [1.807, 2.05) is 36.6 Å². The van der Waals surface area contributed by atoms with Crippen molar-refractivity contribution in [2.75, 3.05) is 19.0 Å². The number of hydrogen-bond acceptors (Lipinski definition) is 6. The van der Waals surface area contributed by atoms with E-state index in [1.165, 1.54) is 30.5 Å². The zero-order chi connectivity index (χ0) is 21.0. The molecule has 2 N–H and O–H groups in total. The van der Waals surface area contributed by atoms with E-state index in [1.54, 1.807) is 13.0 Å². The van der Waals surface area contributed by atoms with Crippen LogP contribution in [0.25, 0.3) is 11.3 Å². The molecule has 0 bridgehead atoms. The molecule has 29 heavy (non-hydrogen) atoms. The van der Waals surface area contributed by atoms with E-state index in [-0.39, 0.29) is 10.5 Å². The predicted molar refractivity (Wildman–Crippen MR) is 114 cm³/mol. The topological polar surface area (TPSA) is 97.4 Å². The van der Waals surface area contributed by atoms with Gasteiger partial charge in [-0.3, -0.25) is 10.1 Å². The zero-order valence-electron chi connectivity index (χ0n) is 16.2. The van der Waals surface area contributed by atoms with Gasteiger partial charge in [0.05, 0.1) is 17.2 Å². The van der Waals surface area contributed by atoms with Crippen LogP contribution in [0.4, 0.5) is 5.13 Å². The highest BCUT2D eigenvalue weighted by Crippen LogP contribution is 2.32. The highest BCUT2D eigenvalue weighted by molar-refractivity contribution is 7.89. The van der Waals surface area contributed by atoms with Crippen LogP contribution < -0.4 is 14.8 Å². The summed E-state index contributed by atoms with van der Waals surface area (Å²) in [5.74, 6) is 0.300. The summed E-state index contributed by atoms with van der Waals surface area (Å²) in [6, 6.07) is 12.0. The lowest BCUT2D eigenvalue weighted by molar-refractivity contribution is 0.102. The number of hydrogen-bond donors (Lipinski definition) is 2. The van der Waals surface area contributed by atoms with Crippen molar-refractivity contribution in [3.63, 3.8) is 0 Å². The fourth-order valence-corrected chi connectivity index (χ4v) is 4.17. The van der Waals surface area contributed by atoms with Crippen LogP contribution >= 0.6 is 11.3 Å². The monoisotopic (exact) mass is 431 g/mol. The highest BCUT2D eigenvalue weighted by atomic mass is 32.2. The van der Waals surface area contributed by atoms with Gasteiger partial charge < -0.3 is 4.74 Å². The van der Waals surface area contributed by atoms with Crippen molar-refractivity contribution in [1.82, 2.24) is 9.71 Å². The number of nitrogens with zero attached hydrogens (tertiary/aromatic N) is 1. The maximum Gasteiger partial charge on any atom is 0.257 e. The number of amides is 1. The molecule has 2 aromatic carbocycles. The largest absolute Gasteiger partial charge is 0.493 e. The van der Waals surface area contributed by atoms with Crippen LogP contribution in [-0.2, 0) is 10.0 Å². The van der Waals surface area contributed by atoms with Gasteiger partial charge in [0.1, 0.15) is 5.75 Å². The van der Waals surface area contributed by atoms with Crippen LogP contribution in [0.5, 0.6) is 5.75 Å². The lowest BCUT2D eigenvalue weighted by Crippen LogP contribution is -2.20. The van der Waals surface area contributed by atoms with E-state index in [2.05, 4.69) is 15.0 Å². The van der Waals surface area contributed by atoms with E-state index in [4.69, 9.17) is 4.74 Å². The lowest BCUT2D eigenvalue weighted by atomic mass is 10.1. The lowest BCUT2D eigenvalue weighted by Gasteiger charge is -2.09. The smallest absolute Gasteiger partial charge is 0.257 e. The summed E-state index contributed by atoms with van der Waals surface area (Å²) in [5.41, 5.74) is 2.46. The average molecular weight is 432 g/mol. The fourth-order valence-electron chi connectivity index (χ4n) is 2.71. The molecule has 152 valence electrons. The summed E-state index contributed by atoms with van der Waals surface area (Å²) >= 11 is 1.29. The quantitative estimate of drug-likeness (QED) is 0.595. The van der Waals surface area contributed by atoms with Gasteiger partial charge in [-0.2, -0.15) is 0 Å². The number of sulfonamides is 1. The predicted octanol–water partition coefficient (Wildman–Crippen LogP) is 3.68. The molecule has 1 heterocycles. The second-order valence-corrected chi connectivity index (χ2v) is 8.85. The molecule has 0 atom stereocenters. The minimum absolute atomic E-state index is 0.0289. The Labute approximate surface area is 173 Å². The zero-order valence-corrected chi connectivity index (χ0v) is 17.9. The van der Waals surface area contributed by atoms with E-state index in [0.29, 0.717) is 23.0 Å². The minimum Gasteiger partial charge on any atom is -0.493 e. The third-order valence-corrected chi connectivity index (χ3v) is 6.39. The Kier molecular flexibility index (Phi) is 6.31. The fraction of sp³-hybridized carbons (Fsp3) is 0.200. The van der Waals surface area contributed by atoms with Crippen LogP contribution in [0, 0.1) is 6.92 Å². The number of carbonyl (C=O) groups excluding carboxylic acids is 1. The van der Waals surface area contributed by atoms with Gasteiger partial charge in [0, 0.05) is 16.5 Å². The Balaban J connectivity index is 1.86. The molecule has 0 radical (unpaired) electrons. The first-order valence-electron chi connectivity index (χ1n) is 8.89. The SMILES string of the molecule is CCOc1ccccc1-c1csc(NC(=O)c2cc(S(=O)(=O)NC)ccc2C)n1. The Morgan fingerprint density at radius 1 is 1.21 bits per heavy atom. The number of benzene rings is 2. The molecule has 0 saturated carbocycles. The van der Waals surface area contributed by atoms with E-state index in [9.17, 15) is 13.2 Å². The van der Waals surface area contributed by atoms with Gasteiger partial charge in [0.25, 0.3) is 5.91 Å². The minimum atomic E-state index is -3.64. The molecule has 9 heteroatoms. The van der Waals surface area contributed by atoms with Gasteiger partial charge in [0.15, 0.2) is 5.13 Å². The van der Waals surface area contributed by atoms with Crippen LogP contribution in [0.3, 0.4) is 0 Å². The molecule has 3 rings (SSSR count).